The van der Waals surface area contributed by atoms with Gasteiger partial charge in [-0.1, -0.05) is 27.7 Å². The van der Waals surface area contributed by atoms with Crippen molar-refractivity contribution in [2.45, 2.75) is 27.7 Å². The van der Waals surface area contributed by atoms with Crippen LogP contribution in [0.3, 0.4) is 0 Å². The SMILES string of the molecule is CC.CC.c1ncc2cc[nH]c2n1. The molecule has 2 rings (SSSR count). The molecule has 0 amide bonds. The Morgan fingerprint density at radius 3 is 2.46 bits per heavy atom. The molecular formula is C10H17N3. The molecule has 72 valence electrons. The van der Waals surface area contributed by atoms with Crippen LogP contribution in [0.25, 0.3) is 11.0 Å². The molecule has 0 bridgehead atoms. The van der Waals surface area contributed by atoms with Gasteiger partial charge < -0.3 is 4.98 Å². The number of aromatic amines is 1. The topological polar surface area (TPSA) is 41.6 Å². The fraction of sp³-hybridized carbons (Fsp3) is 0.400. The highest BCUT2D eigenvalue weighted by molar-refractivity contribution is 5.73. The number of rotatable bonds is 0. The quantitative estimate of drug-likeness (QED) is 0.675. The van der Waals surface area contributed by atoms with Crippen molar-refractivity contribution in [3.05, 3.63) is 24.8 Å². The van der Waals surface area contributed by atoms with Crippen molar-refractivity contribution in [3.8, 4) is 0 Å². The summed E-state index contributed by atoms with van der Waals surface area (Å²) in [5, 5.41) is 1.05. The maximum Gasteiger partial charge on any atom is 0.140 e. The van der Waals surface area contributed by atoms with Crippen LogP contribution in [-0.2, 0) is 0 Å². The van der Waals surface area contributed by atoms with Gasteiger partial charge in [0, 0.05) is 17.8 Å². The maximum absolute atomic E-state index is 3.97. The summed E-state index contributed by atoms with van der Waals surface area (Å²) in [7, 11) is 0. The van der Waals surface area contributed by atoms with Crippen LogP contribution in [0.15, 0.2) is 24.8 Å². The summed E-state index contributed by atoms with van der Waals surface area (Å²) in [6.07, 6.45) is 5.15. The average Bonchev–Trinajstić information content (AvgIpc) is 2.71. The second-order valence-electron chi connectivity index (χ2n) is 1.80. The zero-order valence-electron chi connectivity index (χ0n) is 8.70. The van der Waals surface area contributed by atoms with Crippen LogP contribution in [0, 0.1) is 0 Å². The van der Waals surface area contributed by atoms with Gasteiger partial charge >= 0.3 is 0 Å². The number of nitrogens with zero attached hydrogens (tertiary/aromatic N) is 2. The third kappa shape index (κ3) is 3.23. The Labute approximate surface area is 79.2 Å². The van der Waals surface area contributed by atoms with Crippen molar-refractivity contribution >= 4 is 11.0 Å². The summed E-state index contributed by atoms with van der Waals surface area (Å²) >= 11 is 0. The molecule has 0 radical (unpaired) electrons. The molecule has 3 heteroatoms. The fourth-order valence-electron chi connectivity index (χ4n) is 0.793. The Kier molecular flexibility index (Phi) is 6.51. The van der Waals surface area contributed by atoms with Crippen molar-refractivity contribution in [2.75, 3.05) is 0 Å². The Morgan fingerprint density at radius 2 is 1.85 bits per heavy atom. The van der Waals surface area contributed by atoms with Crippen molar-refractivity contribution < 1.29 is 0 Å². The lowest BCUT2D eigenvalue weighted by molar-refractivity contribution is 1.20. The molecule has 0 atom stereocenters. The normalized spacial score (nSPS) is 8.00. The maximum atomic E-state index is 3.97. The Morgan fingerprint density at radius 1 is 1.15 bits per heavy atom. The van der Waals surface area contributed by atoms with Crippen LogP contribution < -0.4 is 0 Å². The van der Waals surface area contributed by atoms with E-state index in [2.05, 4.69) is 15.0 Å². The zero-order valence-corrected chi connectivity index (χ0v) is 8.70. The summed E-state index contributed by atoms with van der Waals surface area (Å²) in [5.74, 6) is 0. The van der Waals surface area contributed by atoms with Gasteiger partial charge in [-0.3, -0.25) is 0 Å². The first-order chi connectivity index (χ1) is 6.47. The molecule has 2 aromatic heterocycles. The number of nitrogens with one attached hydrogen (secondary N) is 1. The highest BCUT2D eigenvalue weighted by Crippen LogP contribution is 2.03. The van der Waals surface area contributed by atoms with Crippen molar-refractivity contribution in [3.63, 3.8) is 0 Å². The molecular weight excluding hydrogens is 162 g/mol. The van der Waals surface area contributed by atoms with Gasteiger partial charge in [-0.05, 0) is 6.07 Å². The fourth-order valence-corrected chi connectivity index (χ4v) is 0.793. The molecule has 2 aromatic rings. The van der Waals surface area contributed by atoms with Crippen LogP contribution in [0.5, 0.6) is 0 Å². The van der Waals surface area contributed by atoms with Crippen LogP contribution in [0.4, 0.5) is 0 Å². The van der Waals surface area contributed by atoms with Crippen molar-refractivity contribution in [1.82, 2.24) is 15.0 Å². The number of hydrogen-bond acceptors (Lipinski definition) is 2. The van der Waals surface area contributed by atoms with Crippen LogP contribution in [0.1, 0.15) is 27.7 Å². The van der Waals surface area contributed by atoms with E-state index in [1.165, 1.54) is 6.33 Å². The molecule has 1 N–H and O–H groups in total. The van der Waals surface area contributed by atoms with Gasteiger partial charge in [0.1, 0.15) is 12.0 Å². The first-order valence-electron chi connectivity index (χ1n) is 4.70. The minimum atomic E-state index is 0.894. The van der Waals surface area contributed by atoms with Crippen LogP contribution in [-0.4, -0.2) is 15.0 Å². The molecule has 0 saturated heterocycles. The summed E-state index contributed by atoms with van der Waals surface area (Å²) in [5.41, 5.74) is 0.894. The highest BCUT2D eigenvalue weighted by Gasteiger charge is 1.89. The van der Waals surface area contributed by atoms with E-state index < -0.39 is 0 Å². The lowest BCUT2D eigenvalue weighted by atomic mass is 10.4. The standard InChI is InChI=1S/C6H5N3.2C2H6/c1-2-8-6-5(1)3-7-4-9-6;2*1-2/h1-4H,(H,7,8,9);2*1-2H3. The number of fused-ring (bicyclic) bond motifs is 1. The Balaban J connectivity index is 0.000000322. The first kappa shape index (κ1) is 11.6. The molecule has 0 aliphatic heterocycles. The van der Waals surface area contributed by atoms with E-state index in [1.54, 1.807) is 6.20 Å². The Bertz CT molecular complexity index is 284. The molecule has 2 heterocycles. The second-order valence-corrected chi connectivity index (χ2v) is 1.80. The minimum Gasteiger partial charge on any atom is -0.346 e. The third-order valence-corrected chi connectivity index (χ3v) is 1.22. The van der Waals surface area contributed by atoms with E-state index in [0.717, 1.165) is 11.0 Å². The van der Waals surface area contributed by atoms with Gasteiger partial charge in [-0.2, -0.15) is 0 Å². The number of H-pyrrole nitrogens is 1. The second kappa shape index (κ2) is 7.28. The molecule has 0 saturated carbocycles. The zero-order chi connectivity index (χ0) is 10.1. The van der Waals surface area contributed by atoms with Gasteiger partial charge in [-0.25, -0.2) is 9.97 Å². The van der Waals surface area contributed by atoms with Crippen molar-refractivity contribution in [2.24, 2.45) is 0 Å². The smallest absolute Gasteiger partial charge is 0.140 e. The molecule has 0 unspecified atom stereocenters. The minimum absolute atomic E-state index is 0.894. The predicted molar refractivity (Wildman–Crippen MR) is 56.6 cm³/mol. The first-order valence-corrected chi connectivity index (χ1v) is 4.70. The highest BCUT2D eigenvalue weighted by atomic mass is 14.9. The predicted octanol–water partition coefficient (Wildman–Crippen LogP) is 3.01. The van der Waals surface area contributed by atoms with Gasteiger partial charge in [-0.15, -0.1) is 0 Å². The summed E-state index contributed by atoms with van der Waals surface area (Å²) in [6.45, 7) is 8.00. The van der Waals surface area contributed by atoms with Crippen LogP contribution >= 0.6 is 0 Å². The van der Waals surface area contributed by atoms with E-state index in [0.29, 0.717) is 0 Å². The lowest BCUT2D eigenvalue weighted by Gasteiger charge is -1.81. The summed E-state index contributed by atoms with van der Waals surface area (Å²) < 4.78 is 0. The molecule has 0 aliphatic rings. The van der Waals surface area contributed by atoms with Crippen LogP contribution in [0.2, 0.25) is 0 Å². The van der Waals surface area contributed by atoms with E-state index >= 15 is 0 Å². The average molecular weight is 179 g/mol. The summed E-state index contributed by atoms with van der Waals surface area (Å²) in [6, 6.07) is 1.94. The largest absolute Gasteiger partial charge is 0.346 e. The molecule has 0 aromatic carbocycles. The van der Waals surface area contributed by atoms with Crippen molar-refractivity contribution in [1.29, 1.82) is 0 Å². The third-order valence-electron chi connectivity index (χ3n) is 1.22. The molecule has 0 aliphatic carbocycles. The Hall–Kier alpha value is -1.38. The van der Waals surface area contributed by atoms with Gasteiger partial charge in [0.25, 0.3) is 0 Å². The van der Waals surface area contributed by atoms with E-state index in [4.69, 9.17) is 0 Å². The van der Waals surface area contributed by atoms with Gasteiger partial charge in [0.05, 0.1) is 0 Å². The van der Waals surface area contributed by atoms with Gasteiger partial charge in [0.15, 0.2) is 0 Å². The number of hydrogen-bond donors (Lipinski definition) is 1. The van der Waals surface area contributed by atoms with E-state index in [9.17, 15) is 0 Å². The van der Waals surface area contributed by atoms with E-state index in [-0.39, 0.29) is 0 Å². The monoisotopic (exact) mass is 179 g/mol. The van der Waals surface area contributed by atoms with E-state index in [1.807, 2.05) is 40.0 Å². The molecule has 0 fully saturated rings. The van der Waals surface area contributed by atoms with Gasteiger partial charge in [0.2, 0.25) is 0 Å². The lowest BCUT2D eigenvalue weighted by Crippen LogP contribution is -1.75. The summed E-state index contributed by atoms with van der Waals surface area (Å²) in [4.78, 5) is 10.8. The molecule has 3 nitrogen and oxygen atoms in total. The molecule has 0 spiro atoms. The number of aromatic nitrogens is 3. The molecule has 13 heavy (non-hydrogen) atoms.